The molecule has 1 unspecified atom stereocenters. The highest BCUT2D eigenvalue weighted by Crippen LogP contribution is 2.28. The molecule has 0 saturated heterocycles. The second-order valence-corrected chi connectivity index (χ2v) is 4.55. The number of benzene rings is 1. The molecule has 0 bridgehead atoms. The van der Waals surface area contributed by atoms with Gasteiger partial charge in [0.25, 0.3) is 0 Å². The summed E-state index contributed by atoms with van der Waals surface area (Å²) in [6.45, 7) is 0. The number of nitrogens with zero attached hydrogens (tertiary/aromatic N) is 2. The van der Waals surface area contributed by atoms with Gasteiger partial charge in [-0.15, -0.1) is 0 Å². The molecule has 2 aromatic rings. The fourth-order valence-electron chi connectivity index (χ4n) is 1.56. The van der Waals surface area contributed by atoms with Gasteiger partial charge in [0.2, 0.25) is 0 Å². The van der Waals surface area contributed by atoms with Gasteiger partial charge in [-0.1, -0.05) is 15.9 Å². The molecule has 1 N–H and O–H groups in total. The fraction of sp³-hybridized carbons (Fsp3) is 0.182. The van der Waals surface area contributed by atoms with E-state index in [0.717, 1.165) is 12.1 Å². The number of hydrogen-bond donors (Lipinski definition) is 1. The molecule has 0 fully saturated rings. The van der Waals surface area contributed by atoms with Gasteiger partial charge in [-0.3, -0.25) is 4.68 Å². The normalized spacial score (nSPS) is 12.8. The Balaban J connectivity index is 2.47. The van der Waals surface area contributed by atoms with E-state index in [1.54, 1.807) is 7.05 Å². The molecular formula is C11H9BrF2N2O. The van der Waals surface area contributed by atoms with Gasteiger partial charge in [0, 0.05) is 23.3 Å². The van der Waals surface area contributed by atoms with Crippen molar-refractivity contribution in [2.75, 3.05) is 0 Å². The fourth-order valence-corrected chi connectivity index (χ4v) is 1.96. The maximum atomic E-state index is 13.6. The van der Waals surface area contributed by atoms with Crippen LogP contribution >= 0.6 is 15.9 Å². The second kappa shape index (κ2) is 4.54. The van der Waals surface area contributed by atoms with Crippen LogP contribution in [0, 0.1) is 11.6 Å². The zero-order valence-corrected chi connectivity index (χ0v) is 10.4. The van der Waals surface area contributed by atoms with Gasteiger partial charge in [-0.2, -0.15) is 5.10 Å². The maximum Gasteiger partial charge on any atom is 0.133 e. The van der Waals surface area contributed by atoms with E-state index >= 15 is 0 Å². The summed E-state index contributed by atoms with van der Waals surface area (Å²) in [5.74, 6) is -1.60. The van der Waals surface area contributed by atoms with Crippen molar-refractivity contribution in [2.45, 2.75) is 6.10 Å². The average molecular weight is 303 g/mol. The van der Waals surface area contributed by atoms with Crippen LogP contribution < -0.4 is 0 Å². The van der Waals surface area contributed by atoms with Gasteiger partial charge in [0.05, 0.1) is 11.8 Å². The zero-order chi connectivity index (χ0) is 12.6. The number of aromatic nitrogens is 2. The lowest BCUT2D eigenvalue weighted by atomic mass is 10.0. The highest BCUT2D eigenvalue weighted by atomic mass is 79.9. The van der Waals surface area contributed by atoms with E-state index in [1.165, 1.54) is 17.1 Å². The van der Waals surface area contributed by atoms with Crippen LogP contribution in [0.3, 0.4) is 0 Å². The van der Waals surface area contributed by atoms with Gasteiger partial charge in [0.15, 0.2) is 0 Å². The first-order chi connectivity index (χ1) is 7.99. The van der Waals surface area contributed by atoms with Crippen LogP contribution in [0.4, 0.5) is 8.78 Å². The SMILES string of the molecule is Cn1cc(C(O)c2c(F)cc(Br)cc2F)cn1. The van der Waals surface area contributed by atoms with Crippen molar-refractivity contribution in [1.82, 2.24) is 9.78 Å². The average Bonchev–Trinajstić information content (AvgIpc) is 2.63. The summed E-state index contributed by atoms with van der Waals surface area (Å²) < 4.78 is 28.9. The van der Waals surface area contributed by atoms with Crippen molar-refractivity contribution in [2.24, 2.45) is 7.05 Å². The third kappa shape index (κ3) is 2.37. The van der Waals surface area contributed by atoms with Crippen molar-refractivity contribution >= 4 is 15.9 Å². The molecule has 0 aliphatic carbocycles. The Hall–Kier alpha value is -1.27. The third-order valence-corrected chi connectivity index (χ3v) is 2.82. The molecule has 0 amide bonds. The highest BCUT2D eigenvalue weighted by molar-refractivity contribution is 9.10. The Kier molecular flexibility index (Phi) is 3.26. The van der Waals surface area contributed by atoms with E-state index in [4.69, 9.17) is 0 Å². The predicted octanol–water partition coefficient (Wildman–Crippen LogP) is 2.54. The van der Waals surface area contributed by atoms with Crippen molar-refractivity contribution in [1.29, 1.82) is 0 Å². The Bertz CT molecular complexity index is 533. The van der Waals surface area contributed by atoms with Crippen molar-refractivity contribution < 1.29 is 13.9 Å². The predicted molar refractivity (Wildman–Crippen MR) is 61.3 cm³/mol. The molecule has 0 spiro atoms. The first kappa shape index (κ1) is 12.2. The lowest BCUT2D eigenvalue weighted by Crippen LogP contribution is -2.05. The van der Waals surface area contributed by atoms with Crippen LogP contribution in [0.5, 0.6) is 0 Å². The van der Waals surface area contributed by atoms with Crippen molar-refractivity contribution in [3.05, 3.63) is 51.8 Å². The molecule has 1 heterocycles. The van der Waals surface area contributed by atoms with Crippen LogP contribution in [0.2, 0.25) is 0 Å². The standard InChI is InChI=1S/C11H9BrF2N2O/c1-16-5-6(4-15-16)11(17)10-8(13)2-7(12)3-9(10)14/h2-5,11,17H,1H3. The lowest BCUT2D eigenvalue weighted by molar-refractivity contribution is 0.209. The number of aryl methyl sites for hydroxylation is 1. The second-order valence-electron chi connectivity index (χ2n) is 3.63. The van der Waals surface area contributed by atoms with E-state index in [-0.39, 0.29) is 10.0 Å². The molecule has 0 saturated carbocycles. The Labute approximate surface area is 105 Å². The van der Waals surface area contributed by atoms with Gasteiger partial charge in [-0.05, 0) is 12.1 Å². The summed E-state index contributed by atoms with van der Waals surface area (Å²) in [5.41, 5.74) is -0.0335. The Morgan fingerprint density at radius 1 is 1.35 bits per heavy atom. The largest absolute Gasteiger partial charge is 0.383 e. The molecule has 2 rings (SSSR count). The minimum Gasteiger partial charge on any atom is -0.383 e. The van der Waals surface area contributed by atoms with Crippen LogP contribution in [0.25, 0.3) is 0 Å². The minimum absolute atomic E-state index is 0.287. The topological polar surface area (TPSA) is 38.0 Å². The molecule has 0 radical (unpaired) electrons. The molecule has 0 aliphatic heterocycles. The van der Waals surface area contributed by atoms with Gasteiger partial charge in [0.1, 0.15) is 17.7 Å². The first-order valence-corrected chi connectivity index (χ1v) is 5.59. The van der Waals surface area contributed by atoms with Gasteiger partial charge >= 0.3 is 0 Å². The minimum atomic E-state index is -1.36. The number of aliphatic hydroxyl groups excluding tert-OH is 1. The van der Waals surface area contributed by atoms with E-state index in [1.807, 2.05) is 0 Å². The van der Waals surface area contributed by atoms with E-state index in [9.17, 15) is 13.9 Å². The van der Waals surface area contributed by atoms with Crippen LogP contribution in [0.1, 0.15) is 17.2 Å². The summed E-state index contributed by atoms with van der Waals surface area (Å²) in [6.07, 6.45) is 1.51. The summed E-state index contributed by atoms with van der Waals surface area (Å²) in [7, 11) is 1.66. The quantitative estimate of drug-likeness (QED) is 0.926. The highest BCUT2D eigenvalue weighted by Gasteiger charge is 2.21. The molecule has 1 aromatic carbocycles. The maximum absolute atomic E-state index is 13.6. The van der Waals surface area contributed by atoms with E-state index in [0.29, 0.717) is 5.56 Å². The van der Waals surface area contributed by atoms with Gasteiger partial charge in [-0.25, -0.2) is 8.78 Å². The number of aliphatic hydroxyl groups is 1. The van der Waals surface area contributed by atoms with Crippen molar-refractivity contribution in [3.63, 3.8) is 0 Å². The molecular weight excluding hydrogens is 294 g/mol. The summed E-state index contributed by atoms with van der Waals surface area (Å²) >= 11 is 2.98. The first-order valence-electron chi connectivity index (χ1n) is 4.80. The molecule has 90 valence electrons. The van der Waals surface area contributed by atoms with Gasteiger partial charge < -0.3 is 5.11 Å². The third-order valence-electron chi connectivity index (χ3n) is 2.36. The molecule has 17 heavy (non-hydrogen) atoms. The summed E-state index contributed by atoms with van der Waals surface area (Å²) in [5, 5.41) is 13.8. The zero-order valence-electron chi connectivity index (χ0n) is 8.86. The van der Waals surface area contributed by atoms with Crippen molar-refractivity contribution in [3.8, 4) is 0 Å². The molecule has 0 aliphatic rings. The Morgan fingerprint density at radius 2 is 1.94 bits per heavy atom. The molecule has 1 aromatic heterocycles. The molecule has 1 atom stereocenters. The molecule has 6 heteroatoms. The van der Waals surface area contributed by atoms with E-state index < -0.39 is 17.7 Å². The number of rotatable bonds is 2. The summed E-state index contributed by atoms with van der Waals surface area (Å²) in [6, 6.07) is 2.22. The van der Waals surface area contributed by atoms with Crippen LogP contribution in [-0.2, 0) is 7.05 Å². The molecule has 3 nitrogen and oxygen atoms in total. The summed E-state index contributed by atoms with van der Waals surface area (Å²) in [4.78, 5) is 0. The lowest BCUT2D eigenvalue weighted by Gasteiger charge is -2.11. The monoisotopic (exact) mass is 302 g/mol. The number of hydrogen-bond acceptors (Lipinski definition) is 2. The van der Waals surface area contributed by atoms with Crippen LogP contribution in [0.15, 0.2) is 29.0 Å². The Morgan fingerprint density at radius 3 is 2.41 bits per heavy atom. The number of halogens is 3. The smallest absolute Gasteiger partial charge is 0.133 e. The van der Waals surface area contributed by atoms with Crippen LogP contribution in [-0.4, -0.2) is 14.9 Å². The van der Waals surface area contributed by atoms with E-state index in [2.05, 4.69) is 21.0 Å².